The Morgan fingerprint density at radius 2 is 1.74 bits per heavy atom. The smallest absolute Gasteiger partial charge is 0.127 e. The third-order valence-electron chi connectivity index (χ3n) is 4.14. The lowest BCUT2D eigenvalue weighted by Crippen LogP contribution is -2.17. The Morgan fingerprint density at radius 1 is 1.00 bits per heavy atom. The van der Waals surface area contributed by atoms with Crippen LogP contribution in [-0.4, -0.2) is 16.3 Å². The SMILES string of the molecule is Cc1c(-c2ccc(Oc3ccccc3)cc2)nn2c1NCCC2. The van der Waals surface area contributed by atoms with Crippen LogP contribution in [0.4, 0.5) is 5.82 Å². The molecule has 1 N–H and O–H groups in total. The van der Waals surface area contributed by atoms with Gasteiger partial charge in [-0.1, -0.05) is 18.2 Å². The molecule has 0 amide bonds. The van der Waals surface area contributed by atoms with Gasteiger partial charge in [-0.2, -0.15) is 5.10 Å². The van der Waals surface area contributed by atoms with Crippen LogP contribution in [0.2, 0.25) is 0 Å². The molecular formula is C19H19N3O. The van der Waals surface area contributed by atoms with Gasteiger partial charge in [-0.15, -0.1) is 0 Å². The molecule has 1 aromatic heterocycles. The minimum absolute atomic E-state index is 0.833. The summed E-state index contributed by atoms with van der Waals surface area (Å²) in [6.07, 6.45) is 1.12. The number of anilines is 1. The Morgan fingerprint density at radius 3 is 2.48 bits per heavy atom. The van der Waals surface area contributed by atoms with Crippen molar-refractivity contribution in [3.05, 3.63) is 60.2 Å². The number of hydrogen-bond donors (Lipinski definition) is 1. The second-order valence-electron chi connectivity index (χ2n) is 5.77. The van der Waals surface area contributed by atoms with Crippen LogP contribution in [-0.2, 0) is 6.54 Å². The van der Waals surface area contributed by atoms with Gasteiger partial charge in [0.2, 0.25) is 0 Å². The van der Waals surface area contributed by atoms with E-state index < -0.39 is 0 Å². The van der Waals surface area contributed by atoms with Gasteiger partial charge < -0.3 is 10.1 Å². The van der Waals surface area contributed by atoms with E-state index in [9.17, 15) is 0 Å². The zero-order chi connectivity index (χ0) is 15.6. The number of ether oxygens (including phenoxy) is 1. The summed E-state index contributed by atoms with van der Waals surface area (Å²) in [7, 11) is 0. The number of hydrogen-bond acceptors (Lipinski definition) is 3. The molecule has 4 rings (SSSR count). The van der Waals surface area contributed by atoms with Gasteiger partial charge in [0.15, 0.2) is 0 Å². The van der Waals surface area contributed by atoms with Gasteiger partial charge >= 0.3 is 0 Å². The zero-order valence-corrected chi connectivity index (χ0v) is 13.1. The predicted molar refractivity (Wildman–Crippen MR) is 92.0 cm³/mol. The number of nitrogens with one attached hydrogen (secondary N) is 1. The van der Waals surface area contributed by atoms with Gasteiger partial charge in [-0.3, -0.25) is 0 Å². The second kappa shape index (κ2) is 5.80. The van der Waals surface area contributed by atoms with Crippen molar-refractivity contribution in [2.45, 2.75) is 19.9 Å². The third kappa shape index (κ3) is 2.68. The summed E-state index contributed by atoms with van der Waals surface area (Å²) in [6.45, 7) is 4.13. The first-order valence-electron chi connectivity index (χ1n) is 7.96. The highest BCUT2D eigenvalue weighted by Gasteiger charge is 2.17. The van der Waals surface area contributed by atoms with Crippen LogP contribution in [0.25, 0.3) is 11.3 Å². The average molecular weight is 305 g/mol. The molecule has 1 aliphatic rings. The summed E-state index contributed by atoms with van der Waals surface area (Å²) in [6, 6.07) is 17.9. The highest BCUT2D eigenvalue weighted by molar-refractivity contribution is 5.69. The molecule has 4 nitrogen and oxygen atoms in total. The first kappa shape index (κ1) is 13.9. The standard InChI is InChI=1S/C19H19N3O/c1-14-18(21-22-13-5-12-20-19(14)22)15-8-10-17(11-9-15)23-16-6-3-2-4-7-16/h2-4,6-11,20H,5,12-13H2,1H3. The summed E-state index contributed by atoms with van der Waals surface area (Å²) in [4.78, 5) is 0. The van der Waals surface area contributed by atoms with Crippen LogP contribution >= 0.6 is 0 Å². The quantitative estimate of drug-likeness (QED) is 0.776. The third-order valence-corrected chi connectivity index (χ3v) is 4.14. The zero-order valence-electron chi connectivity index (χ0n) is 13.1. The van der Waals surface area contributed by atoms with Crippen molar-refractivity contribution in [2.24, 2.45) is 0 Å². The van der Waals surface area contributed by atoms with Crippen LogP contribution < -0.4 is 10.1 Å². The monoisotopic (exact) mass is 305 g/mol. The lowest BCUT2D eigenvalue weighted by atomic mass is 10.1. The molecule has 0 aliphatic carbocycles. The minimum Gasteiger partial charge on any atom is -0.457 e. The maximum absolute atomic E-state index is 5.84. The number of aryl methyl sites for hydroxylation is 1. The molecule has 0 radical (unpaired) electrons. The molecule has 4 heteroatoms. The average Bonchev–Trinajstić information content (AvgIpc) is 2.94. The number of benzene rings is 2. The van der Waals surface area contributed by atoms with E-state index in [1.54, 1.807) is 0 Å². The van der Waals surface area contributed by atoms with Crippen LogP contribution in [0.3, 0.4) is 0 Å². The van der Waals surface area contributed by atoms with Gasteiger partial charge in [-0.05, 0) is 49.7 Å². The highest BCUT2D eigenvalue weighted by atomic mass is 16.5. The van der Waals surface area contributed by atoms with Crippen LogP contribution in [0.15, 0.2) is 54.6 Å². The lowest BCUT2D eigenvalue weighted by Gasteiger charge is -2.15. The van der Waals surface area contributed by atoms with Gasteiger partial charge in [-0.25, -0.2) is 4.68 Å². The van der Waals surface area contributed by atoms with Crippen LogP contribution in [0.5, 0.6) is 11.5 Å². The molecule has 0 saturated heterocycles. The molecule has 0 atom stereocenters. The van der Waals surface area contributed by atoms with E-state index in [1.165, 1.54) is 5.56 Å². The van der Waals surface area contributed by atoms with Crippen molar-refractivity contribution in [2.75, 3.05) is 11.9 Å². The van der Waals surface area contributed by atoms with E-state index in [0.29, 0.717) is 0 Å². The molecule has 2 heterocycles. The summed E-state index contributed by atoms with van der Waals surface area (Å²) < 4.78 is 7.91. The number of nitrogens with zero attached hydrogens (tertiary/aromatic N) is 2. The van der Waals surface area contributed by atoms with Crippen molar-refractivity contribution in [3.63, 3.8) is 0 Å². The fourth-order valence-electron chi connectivity index (χ4n) is 2.95. The molecule has 2 aromatic carbocycles. The summed E-state index contributed by atoms with van der Waals surface area (Å²) >= 11 is 0. The van der Waals surface area contributed by atoms with Crippen molar-refractivity contribution >= 4 is 5.82 Å². The molecular weight excluding hydrogens is 286 g/mol. The van der Waals surface area contributed by atoms with Crippen molar-refractivity contribution in [1.29, 1.82) is 0 Å². The van der Waals surface area contributed by atoms with Gasteiger partial charge in [0.25, 0.3) is 0 Å². The summed E-state index contributed by atoms with van der Waals surface area (Å²) in [5.41, 5.74) is 3.37. The fraction of sp³-hybridized carbons (Fsp3) is 0.211. The maximum Gasteiger partial charge on any atom is 0.127 e. The Hall–Kier alpha value is -2.75. The van der Waals surface area contributed by atoms with Gasteiger partial charge in [0.05, 0.1) is 5.69 Å². The molecule has 116 valence electrons. The van der Waals surface area contributed by atoms with E-state index >= 15 is 0 Å². The van der Waals surface area contributed by atoms with E-state index in [2.05, 4.69) is 29.1 Å². The number of para-hydroxylation sites is 1. The molecule has 0 fully saturated rings. The molecule has 0 spiro atoms. The first-order valence-corrected chi connectivity index (χ1v) is 7.96. The van der Waals surface area contributed by atoms with Crippen molar-refractivity contribution < 1.29 is 4.74 Å². The molecule has 0 unspecified atom stereocenters. The molecule has 0 saturated carbocycles. The van der Waals surface area contributed by atoms with E-state index in [0.717, 1.165) is 48.1 Å². The van der Waals surface area contributed by atoms with Gasteiger partial charge in [0.1, 0.15) is 17.3 Å². The van der Waals surface area contributed by atoms with Crippen molar-refractivity contribution in [3.8, 4) is 22.8 Å². The predicted octanol–water partition coefficient (Wildman–Crippen LogP) is 4.47. The molecule has 1 aliphatic heterocycles. The Kier molecular flexibility index (Phi) is 3.50. The topological polar surface area (TPSA) is 39.1 Å². The molecule has 0 bridgehead atoms. The number of aromatic nitrogens is 2. The van der Waals surface area contributed by atoms with E-state index in [-0.39, 0.29) is 0 Å². The highest BCUT2D eigenvalue weighted by Crippen LogP contribution is 2.31. The fourth-order valence-corrected chi connectivity index (χ4v) is 2.95. The Labute approximate surface area is 135 Å². The van der Waals surface area contributed by atoms with Crippen LogP contribution in [0.1, 0.15) is 12.0 Å². The largest absolute Gasteiger partial charge is 0.457 e. The summed E-state index contributed by atoms with van der Waals surface area (Å²) in [5.74, 6) is 2.83. The number of rotatable bonds is 3. The normalized spacial score (nSPS) is 13.3. The maximum atomic E-state index is 5.84. The minimum atomic E-state index is 0.833. The van der Waals surface area contributed by atoms with Crippen molar-refractivity contribution in [1.82, 2.24) is 9.78 Å². The molecule has 3 aromatic rings. The first-order chi connectivity index (χ1) is 11.3. The Bertz CT molecular complexity index is 807. The number of fused-ring (bicyclic) bond motifs is 1. The van der Waals surface area contributed by atoms with E-state index in [1.807, 2.05) is 42.5 Å². The molecule has 23 heavy (non-hydrogen) atoms. The van der Waals surface area contributed by atoms with Crippen LogP contribution in [0, 0.1) is 6.92 Å². The van der Waals surface area contributed by atoms with E-state index in [4.69, 9.17) is 9.84 Å². The second-order valence-corrected chi connectivity index (χ2v) is 5.77. The summed E-state index contributed by atoms with van der Waals surface area (Å²) in [5, 5.41) is 8.19. The lowest BCUT2D eigenvalue weighted by molar-refractivity contribution is 0.483. The van der Waals surface area contributed by atoms with Gasteiger partial charge in [0, 0.05) is 24.2 Å². The Balaban J connectivity index is 1.60.